The highest BCUT2D eigenvalue weighted by Gasteiger charge is 2.16. The number of carbonyl (C=O) groups excluding carboxylic acids is 3. The zero-order valence-electron chi connectivity index (χ0n) is 10.6. The Bertz CT molecular complexity index is 537. The molecule has 0 saturated heterocycles. The van der Waals surface area contributed by atoms with E-state index in [-0.39, 0.29) is 17.9 Å². The standard InChI is InChI=1S/C12H12N2O6/c1-2-20-12(17)11(16)13-7-10(15)8-3-5-9(6-4-8)14(18)19/h3-6H,2,7H2,1H3,(H,13,16). The van der Waals surface area contributed by atoms with Gasteiger partial charge in [0.05, 0.1) is 18.1 Å². The summed E-state index contributed by atoms with van der Waals surface area (Å²) in [7, 11) is 0. The molecule has 0 aliphatic carbocycles. The smallest absolute Gasteiger partial charge is 0.396 e. The molecule has 1 aromatic rings. The molecule has 1 aromatic carbocycles. The third-order valence-electron chi connectivity index (χ3n) is 2.27. The van der Waals surface area contributed by atoms with E-state index in [2.05, 4.69) is 10.1 Å². The van der Waals surface area contributed by atoms with Gasteiger partial charge < -0.3 is 10.1 Å². The number of ketones is 1. The van der Waals surface area contributed by atoms with E-state index in [0.29, 0.717) is 0 Å². The van der Waals surface area contributed by atoms with Crippen LogP contribution >= 0.6 is 0 Å². The number of benzene rings is 1. The van der Waals surface area contributed by atoms with Gasteiger partial charge in [0.1, 0.15) is 0 Å². The van der Waals surface area contributed by atoms with Crippen LogP contribution in [0.25, 0.3) is 0 Å². The van der Waals surface area contributed by atoms with Crippen LogP contribution in [-0.2, 0) is 14.3 Å². The lowest BCUT2D eigenvalue weighted by molar-refractivity contribution is -0.384. The molecule has 0 heterocycles. The summed E-state index contributed by atoms with van der Waals surface area (Å²) in [5.74, 6) is -2.55. The van der Waals surface area contributed by atoms with Gasteiger partial charge in [-0.05, 0) is 19.1 Å². The van der Waals surface area contributed by atoms with E-state index in [0.717, 1.165) is 0 Å². The predicted octanol–water partition coefficient (Wildman–Crippen LogP) is 0.457. The van der Waals surface area contributed by atoms with Crippen molar-refractivity contribution < 1.29 is 24.0 Å². The second-order valence-corrected chi connectivity index (χ2v) is 3.63. The fourth-order valence-electron chi connectivity index (χ4n) is 1.30. The van der Waals surface area contributed by atoms with Crippen molar-refractivity contribution in [1.82, 2.24) is 5.32 Å². The van der Waals surface area contributed by atoms with Gasteiger partial charge in [-0.3, -0.25) is 19.7 Å². The molecule has 0 spiro atoms. The number of Topliss-reactive ketones (excluding diaryl/α,β-unsaturated/α-hetero) is 1. The molecule has 0 fully saturated rings. The number of rotatable bonds is 5. The molecule has 1 amide bonds. The number of amides is 1. The van der Waals surface area contributed by atoms with Crippen molar-refractivity contribution >= 4 is 23.3 Å². The summed E-state index contributed by atoms with van der Waals surface area (Å²) in [6, 6.07) is 4.91. The molecule has 0 aliphatic rings. The van der Waals surface area contributed by atoms with E-state index < -0.39 is 29.1 Å². The molecule has 0 atom stereocenters. The maximum absolute atomic E-state index is 11.7. The van der Waals surface area contributed by atoms with E-state index in [1.54, 1.807) is 6.92 Å². The van der Waals surface area contributed by atoms with Gasteiger partial charge in [0, 0.05) is 17.7 Å². The topological polar surface area (TPSA) is 116 Å². The van der Waals surface area contributed by atoms with Gasteiger partial charge in [-0.15, -0.1) is 0 Å². The van der Waals surface area contributed by atoms with Crippen LogP contribution in [0.2, 0.25) is 0 Å². The maximum Gasteiger partial charge on any atom is 0.396 e. The zero-order valence-corrected chi connectivity index (χ0v) is 10.6. The molecule has 0 unspecified atom stereocenters. The van der Waals surface area contributed by atoms with Crippen LogP contribution in [0.4, 0.5) is 5.69 Å². The van der Waals surface area contributed by atoms with Gasteiger partial charge in [0.2, 0.25) is 0 Å². The molecule has 8 heteroatoms. The van der Waals surface area contributed by atoms with Gasteiger partial charge in [-0.1, -0.05) is 0 Å². The highest BCUT2D eigenvalue weighted by atomic mass is 16.6. The maximum atomic E-state index is 11.7. The molecule has 1 N–H and O–H groups in total. The highest BCUT2D eigenvalue weighted by molar-refractivity contribution is 6.32. The SMILES string of the molecule is CCOC(=O)C(=O)NCC(=O)c1ccc([N+](=O)[O-])cc1. The van der Waals surface area contributed by atoms with Crippen LogP contribution in [0, 0.1) is 10.1 Å². The normalized spacial score (nSPS) is 9.65. The Morgan fingerprint density at radius 2 is 1.85 bits per heavy atom. The van der Waals surface area contributed by atoms with Crippen LogP contribution < -0.4 is 5.32 Å². The van der Waals surface area contributed by atoms with Crippen LogP contribution in [0.5, 0.6) is 0 Å². The lowest BCUT2D eigenvalue weighted by Gasteiger charge is -2.04. The number of hydrogen-bond acceptors (Lipinski definition) is 6. The third-order valence-corrected chi connectivity index (χ3v) is 2.27. The van der Waals surface area contributed by atoms with Crippen molar-refractivity contribution in [3.8, 4) is 0 Å². The number of hydrogen-bond donors (Lipinski definition) is 1. The molecule has 106 valence electrons. The first-order valence-corrected chi connectivity index (χ1v) is 5.68. The van der Waals surface area contributed by atoms with Crippen LogP contribution in [0.15, 0.2) is 24.3 Å². The molecule has 1 rings (SSSR count). The van der Waals surface area contributed by atoms with Gasteiger partial charge in [-0.25, -0.2) is 4.79 Å². The molecular weight excluding hydrogens is 268 g/mol. The molecule has 8 nitrogen and oxygen atoms in total. The minimum absolute atomic E-state index is 0.0581. The van der Waals surface area contributed by atoms with Crippen molar-refractivity contribution in [3.05, 3.63) is 39.9 Å². The van der Waals surface area contributed by atoms with Gasteiger partial charge in [0.15, 0.2) is 5.78 Å². The summed E-state index contributed by atoms with van der Waals surface area (Å²) >= 11 is 0. The largest absolute Gasteiger partial charge is 0.459 e. The first-order chi connectivity index (χ1) is 9.45. The number of nitro benzene ring substituents is 1. The molecule has 0 radical (unpaired) electrons. The Kier molecular flexibility index (Phi) is 5.33. The van der Waals surface area contributed by atoms with E-state index in [1.807, 2.05) is 0 Å². The van der Waals surface area contributed by atoms with E-state index in [9.17, 15) is 24.5 Å². The fourth-order valence-corrected chi connectivity index (χ4v) is 1.30. The summed E-state index contributed by atoms with van der Waals surface area (Å²) in [6.07, 6.45) is 0. The number of esters is 1. The molecule has 0 aromatic heterocycles. The van der Waals surface area contributed by atoms with E-state index in [1.165, 1.54) is 24.3 Å². The fraction of sp³-hybridized carbons (Fsp3) is 0.250. The molecule has 0 aliphatic heterocycles. The summed E-state index contributed by atoms with van der Waals surface area (Å²) in [4.78, 5) is 43.7. The lowest BCUT2D eigenvalue weighted by atomic mass is 10.1. The van der Waals surface area contributed by atoms with Crippen molar-refractivity contribution in [2.24, 2.45) is 0 Å². The van der Waals surface area contributed by atoms with Gasteiger partial charge in [0.25, 0.3) is 5.69 Å². The number of carbonyl (C=O) groups is 3. The Morgan fingerprint density at radius 3 is 2.35 bits per heavy atom. The zero-order chi connectivity index (χ0) is 15.1. The predicted molar refractivity (Wildman–Crippen MR) is 67.1 cm³/mol. The summed E-state index contributed by atoms with van der Waals surface area (Å²) in [6.45, 7) is 1.21. The van der Waals surface area contributed by atoms with Crippen LogP contribution in [0.1, 0.15) is 17.3 Å². The highest BCUT2D eigenvalue weighted by Crippen LogP contribution is 2.11. The summed E-state index contributed by atoms with van der Waals surface area (Å²) in [5, 5.41) is 12.6. The van der Waals surface area contributed by atoms with Crippen molar-refractivity contribution in [2.75, 3.05) is 13.2 Å². The van der Waals surface area contributed by atoms with Gasteiger partial charge in [-0.2, -0.15) is 0 Å². The van der Waals surface area contributed by atoms with Crippen molar-refractivity contribution in [1.29, 1.82) is 0 Å². The summed E-state index contributed by atoms with van der Waals surface area (Å²) in [5.41, 5.74) is 0.0527. The van der Waals surface area contributed by atoms with Crippen LogP contribution in [0.3, 0.4) is 0 Å². The minimum atomic E-state index is -1.07. The van der Waals surface area contributed by atoms with Crippen molar-refractivity contribution in [3.63, 3.8) is 0 Å². The Labute approximate surface area is 113 Å². The van der Waals surface area contributed by atoms with Crippen LogP contribution in [-0.4, -0.2) is 35.7 Å². The average Bonchev–Trinajstić information content (AvgIpc) is 2.44. The molecule has 0 saturated carbocycles. The number of nitro groups is 1. The molecular formula is C12H12N2O6. The minimum Gasteiger partial charge on any atom is -0.459 e. The Morgan fingerprint density at radius 1 is 1.25 bits per heavy atom. The van der Waals surface area contributed by atoms with E-state index >= 15 is 0 Å². The Hall–Kier alpha value is -2.77. The Balaban J connectivity index is 2.57. The monoisotopic (exact) mass is 280 g/mol. The number of non-ortho nitro benzene ring substituents is 1. The third kappa shape index (κ3) is 4.16. The number of nitrogens with zero attached hydrogens (tertiary/aromatic N) is 1. The molecule has 0 bridgehead atoms. The van der Waals surface area contributed by atoms with Crippen molar-refractivity contribution in [2.45, 2.75) is 6.92 Å². The first kappa shape index (κ1) is 15.3. The lowest BCUT2D eigenvalue weighted by Crippen LogP contribution is -2.36. The average molecular weight is 280 g/mol. The quantitative estimate of drug-likeness (QED) is 0.275. The first-order valence-electron chi connectivity index (χ1n) is 5.68. The number of nitrogens with one attached hydrogen (secondary N) is 1. The summed E-state index contributed by atoms with van der Waals surface area (Å²) < 4.78 is 4.45. The molecule has 20 heavy (non-hydrogen) atoms. The van der Waals surface area contributed by atoms with E-state index in [4.69, 9.17) is 0 Å². The second kappa shape index (κ2) is 6.98. The second-order valence-electron chi connectivity index (χ2n) is 3.63. The van der Waals surface area contributed by atoms with Gasteiger partial charge >= 0.3 is 11.9 Å². The number of ether oxygens (including phenoxy) is 1.